The van der Waals surface area contributed by atoms with E-state index in [-0.39, 0.29) is 0 Å². The average molecular weight is 176 g/mol. The van der Waals surface area contributed by atoms with Crippen LogP contribution < -0.4 is 5.73 Å². The van der Waals surface area contributed by atoms with Gasteiger partial charge in [-0.15, -0.1) is 0 Å². The van der Waals surface area contributed by atoms with E-state index >= 15 is 0 Å². The molecule has 3 nitrogen and oxygen atoms in total. The fourth-order valence-corrected chi connectivity index (χ4v) is 1.54. The third-order valence-electron chi connectivity index (χ3n) is 2.16. The van der Waals surface area contributed by atoms with Crippen LogP contribution in [0, 0.1) is 0 Å². The van der Waals surface area contributed by atoms with Gasteiger partial charge >= 0.3 is 0 Å². The van der Waals surface area contributed by atoms with Gasteiger partial charge in [-0.25, -0.2) is 0 Å². The van der Waals surface area contributed by atoms with Gasteiger partial charge in [-0.05, 0) is 18.2 Å². The van der Waals surface area contributed by atoms with Crippen LogP contribution in [0.1, 0.15) is 0 Å². The molecule has 0 bridgehead atoms. The molecule has 0 unspecified atom stereocenters. The summed E-state index contributed by atoms with van der Waals surface area (Å²) >= 11 is 0. The number of aromatic hydroxyl groups is 1. The largest absolute Gasteiger partial charge is 0.507 e. The summed E-state index contributed by atoms with van der Waals surface area (Å²) in [5.41, 5.74) is 6.50. The Morgan fingerprint density at radius 1 is 1.31 bits per heavy atom. The molecule has 0 aliphatic rings. The lowest BCUT2D eigenvalue weighted by Crippen LogP contribution is -2.08. The summed E-state index contributed by atoms with van der Waals surface area (Å²) in [4.78, 5) is 0. The van der Waals surface area contributed by atoms with Crippen LogP contribution in [-0.4, -0.2) is 16.2 Å². The first-order chi connectivity index (χ1) is 6.33. The van der Waals surface area contributed by atoms with Gasteiger partial charge in [0, 0.05) is 24.7 Å². The Bertz CT molecular complexity index is 420. The Kier molecular flexibility index (Phi) is 1.94. The molecule has 0 saturated heterocycles. The predicted molar refractivity (Wildman–Crippen MR) is 52.7 cm³/mol. The number of hydrogen-bond donors (Lipinski definition) is 2. The molecule has 1 aromatic carbocycles. The molecule has 0 aliphatic heterocycles. The van der Waals surface area contributed by atoms with Crippen molar-refractivity contribution in [3.05, 3.63) is 30.5 Å². The van der Waals surface area contributed by atoms with Crippen LogP contribution >= 0.6 is 0 Å². The third kappa shape index (κ3) is 1.27. The Morgan fingerprint density at radius 3 is 2.92 bits per heavy atom. The van der Waals surface area contributed by atoms with Crippen molar-refractivity contribution in [3.8, 4) is 5.75 Å². The number of aromatic nitrogens is 1. The highest BCUT2D eigenvalue weighted by molar-refractivity contribution is 5.86. The molecule has 0 saturated carbocycles. The van der Waals surface area contributed by atoms with Gasteiger partial charge in [0.2, 0.25) is 0 Å². The summed E-state index contributed by atoms with van der Waals surface area (Å²) in [6.07, 6.45) is 1.94. The fraction of sp³-hybridized carbons (Fsp3) is 0.200. The molecule has 3 heteroatoms. The molecule has 1 heterocycles. The van der Waals surface area contributed by atoms with Gasteiger partial charge in [0.15, 0.2) is 0 Å². The summed E-state index contributed by atoms with van der Waals surface area (Å²) in [6.45, 7) is 1.40. The summed E-state index contributed by atoms with van der Waals surface area (Å²) in [5, 5.41) is 10.4. The zero-order valence-electron chi connectivity index (χ0n) is 7.27. The van der Waals surface area contributed by atoms with Crippen molar-refractivity contribution in [2.24, 2.45) is 5.73 Å². The summed E-state index contributed by atoms with van der Waals surface area (Å²) < 4.78 is 2.04. The Labute approximate surface area is 76.4 Å². The van der Waals surface area contributed by atoms with Crippen molar-refractivity contribution in [2.45, 2.75) is 6.54 Å². The lowest BCUT2D eigenvalue weighted by molar-refractivity contribution is 0.481. The van der Waals surface area contributed by atoms with Crippen molar-refractivity contribution < 1.29 is 5.11 Å². The molecule has 68 valence electrons. The minimum absolute atomic E-state index is 0.327. The van der Waals surface area contributed by atoms with E-state index < -0.39 is 0 Å². The number of rotatable bonds is 2. The molecule has 1 aromatic heterocycles. The monoisotopic (exact) mass is 176 g/mol. The number of phenols is 1. The van der Waals surface area contributed by atoms with Gasteiger partial charge in [0.1, 0.15) is 5.75 Å². The van der Waals surface area contributed by atoms with E-state index in [1.54, 1.807) is 6.07 Å². The van der Waals surface area contributed by atoms with Crippen LogP contribution in [0.2, 0.25) is 0 Å². The van der Waals surface area contributed by atoms with Crippen LogP contribution in [-0.2, 0) is 6.54 Å². The minimum atomic E-state index is 0.327. The molecule has 3 N–H and O–H groups in total. The SMILES string of the molecule is NCCn1ccc2c(O)cccc21. The second-order valence-electron chi connectivity index (χ2n) is 3.01. The molecule has 2 aromatic rings. The van der Waals surface area contributed by atoms with E-state index in [2.05, 4.69) is 0 Å². The van der Waals surface area contributed by atoms with E-state index in [1.807, 2.05) is 29.0 Å². The second-order valence-corrected chi connectivity index (χ2v) is 3.01. The predicted octanol–water partition coefficient (Wildman–Crippen LogP) is 1.31. The Balaban J connectivity index is 2.61. The Hall–Kier alpha value is -1.48. The van der Waals surface area contributed by atoms with Crippen LogP contribution in [0.4, 0.5) is 0 Å². The third-order valence-corrected chi connectivity index (χ3v) is 2.16. The lowest BCUT2D eigenvalue weighted by atomic mass is 10.2. The zero-order chi connectivity index (χ0) is 9.26. The first-order valence-corrected chi connectivity index (χ1v) is 4.30. The van der Waals surface area contributed by atoms with E-state index in [4.69, 9.17) is 5.73 Å². The molecular formula is C10H12N2O. The highest BCUT2D eigenvalue weighted by Gasteiger charge is 2.02. The first kappa shape index (κ1) is 8.13. The highest BCUT2D eigenvalue weighted by atomic mass is 16.3. The second kappa shape index (κ2) is 3.11. The molecule has 13 heavy (non-hydrogen) atoms. The van der Waals surface area contributed by atoms with Crippen molar-refractivity contribution in [3.63, 3.8) is 0 Å². The van der Waals surface area contributed by atoms with Gasteiger partial charge in [-0.2, -0.15) is 0 Å². The van der Waals surface area contributed by atoms with Gasteiger partial charge in [0.25, 0.3) is 0 Å². The van der Waals surface area contributed by atoms with Crippen molar-refractivity contribution in [1.29, 1.82) is 0 Å². The maximum atomic E-state index is 9.51. The average Bonchev–Trinajstić information content (AvgIpc) is 2.51. The van der Waals surface area contributed by atoms with E-state index in [0.717, 1.165) is 17.4 Å². The highest BCUT2D eigenvalue weighted by Crippen LogP contribution is 2.24. The molecule has 0 aliphatic carbocycles. The molecule has 2 rings (SSSR count). The molecule has 0 amide bonds. The first-order valence-electron chi connectivity index (χ1n) is 4.30. The number of benzene rings is 1. The van der Waals surface area contributed by atoms with Crippen LogP contribution in [0.25, 0.3) is 10.9 Å². The van der Waals surface area contributed by atoms with Gasteiger partial charge in [0.05, 0.1) is 5.52 Å². The Morgan fingerprint density at radius 2 is 2.15 bits per heavy atom. The molecule has 0 radical (unpaired) electrons. The lowest BCUT2D eigenvalue weighted by Gasteiger charge is -2.02. The van der Waals surface area contributed by atoms with E-state index in [1.165, 1.54) is 0 Å². The zero-order valence-corrected chi connectivity index (χ0v) is 7.27. The van der Waals surface area contributed by atoms with Crippen LogP contribution in [0.5, 0.6) is 5.75 Å². The number of nitrogens with zero attached hydrogens (tertiary/aromatic N) is 1. The molecule has 0 spiro atoms. The van der Waals surface area contributed by atoms with Gasteiger partial charge < -0.3 is 15.4 Å². The number of hydrogen-bond acceptors (Lipinski definition) is 2. The van der Waals surface area contributed by atoms with Crippen molar-refractivity contribution in [2.75, 3.05) is 6.54 Å². The normalized spacial score (nSPS) is 10.8. The van der Waals surface area contributed by atoms with Gasteiger partial charge in [-0.1, -0.05) is 6.07 Å². The smallest absolute Gasteiger partial charge is 0.124 e. The summed E-state index contributed by atoms with van der Waals surface area (Å²) in [6, 6.07) is 7.41. The molecular weight excluding hydrogens is 164 g/mol. The number of nitrogens with two attached hydrogens (primary N) is 1. The maximum absolute atomic E-state index is 9.51. The number of phenolic OH excluding ortho intramolecular Hbond substituents is 1. The fourth-order valence-electron chi connectivity index (χ4n) is 1.54. The van der Waals surface area contributed by atoms with Crippen molar-refractivity contribution in [1.82, 2.24) is 4.57 Å². The van der Waals surface area contributed by atoms with E-state index in [9.17, 15) is 5.11 Å². The molecule has 0 fully saturated rings. The molecule has 0 atom stereocenters. The van der Waals surface area contributed by atoms with Crippen molar-refractivity contribution >= 4 is 10.9 Å². The maximum Gasteiger partial charge on any atom is 0.124 e. The topological polar surface area (TPSA) is 51.2 Å². The summed E-state index contributed by atoms with van der Waals surface area (Å²) in [5.74, 6) is 0.327. The minimum Gasteiger partial charge on any atom is -0.507 e. The van der Waals surface area contributed by atoms with Crippen LogP contribution in [0.3, 0.4) is 0 Å². The van der Waals surface area contributed by atoms with Gasteiger partial charge in [-0.3, -0.25) is 0 Å². The van der Waals surface area contributed by atoms with Crippen LogP contribution in [0.15, 0.2) is 30.5 Å². The summed E-state index contributed by atoms with van der Waals surface area (Å²) in [7, 11) is 0. The standard InChI is InChI=1S/C10H12N2O/c11-5-7-12-6-4-8-9(12)2-1-3-10(8)13/h1-4,6,13H,5,7,11H2. The quantitative estimate of drug-likeness (QED) is 0.724. The van der Waals surface area contributed by atoms with E-state index in [0.29, 0.717) is 12.3 Å². The number of fused-ring (bicyclic) bond motifs is 1.